The van der Waals surface area contributed by atoms with Crippen LogP contribution in [0, 0.1) is 11.8 Å². The molecule has 0 heterocycles. The minimum Gasteiger partial charge on any atom is -0.491 e. The second kappa shape index (κ2) is 2.38. The van der Waals surface area contributed by atoms with Crippen LogP contribution in [0.1, 0.15) is 25.7 Å². The number of ether oxygens (including phenoxy) is 1. The second-order valence-electron chi connectivity index (χ2n) is 4.12. The fourth-order valence-electron chi connectivity index (χ4n) is 2.15. The third-order valence-corrected chi connectivity index (χ3v) is 3.21. The summed E-state index contributed by atoms with van der Waals surface area (Å²) in [7, 11) is 0. The molecular weight excluding hydrogens is 148 g/mol. The molecule has 0 aliphatic heterocycles. The molecule has 1 nitrogen and oxygen atoms in total. The van der Waals surface area contributed by atoms with Crippen molar-refractivity contribution in [3.8, 4) is 0 Å². The van der Waals surface area contributed by atoms with E-state index in [1.54, 1.807) is 0 Å². The maximum atomic E-state index is 5.86. The first-order valence-corrected chi connectivity index (χ1v) is 4.96. The van der Waals surface area contributed by atoms with Crippen LogP contribution in [0.25, 0.3) is 0 Å². The first-order chi connectivity index (χ1) is 5.93. The molecule has 12 heavy (non-hydrogen) atoms. The average Bonchev–Trinajstić information content (AvgIpc) is 2.75. The van der Waals surface area contributed by atoms with Crippen molar-refractivity contribution in [2.45, 2.75) is 31.8 Å². The van der Waals surface area contributed by atoms with Crippen molar-refractivity contribution in [2.24, 2.45) is 11.8 Å². The SMILES string of the molecule is C1=CC(OC2=CCC2)C2CC2C1. The van der Waals surface area contributed by atoms with Gasteiger partial charge in [-0.1, -0.05) is 6.08 Å². The Morgan fingerprint density at radius 3 is 3.08 bits per heavy atom. The Kier molecular flexibility index (Phi) is 1.34. The summed E-state index contributed by atoms with van der Waals surface area (Å²) in [6.07, 6.45) is 12.3. The van der Waals surface area contributed by atoms with E-state index in [1.165, 1.54) is 31.4 Å². The van der Waals surface area contributed by atoms with Gasteiger partial charge >= 0.3 is 0 Å². The lowest BCUT2D eigenvalue weighted by molar-refractivity contribution is 0.112. The molecule has 3 unspecified atom stereocenters. The van der Waals surface area contributed by atoms with Crippen LogP contribution < -0.4 is 0 Å². The summed E-state index contributed by atoms with van der Waals surface area (Å²) in [4.78, 5) is 0. The molecule has 3 rings (SSSR count). The van der Waals surface area contributed by atoms with E-state index in [9.17, 15) is 0 Å². The van der Waals surface area contributed by atoms with Crippen LogP contribution in [0.5, 0.6) is 0 Å². The molecule has 0 bridgehead atoms. The molecule has 3 aliphatic carbocycles. The Morgan fingerprint density at radius 2 is 2.33 bits per heavy atom. The van der Waals surface area contributed by atoms with E-state index >= 15 is 0 Å². The van der Waals surface area contributed by atoms with Crippen LogP contribution in [0.2, 0.25) is 0 Å². The third-order valence-electron chi connectivity index (χ3n) is 3.21. The predicted molar refractivity (Wildman–Crippen MR) is 47.5 cm³/mol. The first-order valence-electron chi connectivity index (χ1n) is 4.96. The van der Waals surface area contributed by atoms with Gasteiger partial charge < -0.3 is 4.74 Å². The molecule has 0 amide bonds. The molecule has 1 saturated carbocycles. The number of hydrogen-bond acceptors (Lipinski definition) is 1. The second-order valence-corrected chi connectivity index (χ2v) is 4.12. The molecule has 0 aromatic heterocycles. The van der Waals surface area contributed by atoms with Gasteiger partial charge in [0.25, 0.3) is 0 Å². The molecule has 3 aliphatic rings. The zero-order valence-corrected chi connectivity index (χ0v) is 7.20. The van der Waals surface area contributed by atoms with E-state index in [0.717, 1.165) is 11.8 Å². The summed E-state index contributed by atoms with van der Waals surface area (Å²) in [5.41, 5.74) is 0. The van der Waals surface area contributed by atoms with Gasteiger partial charge in [0.2, 0.25) is 0 Å². The fraction of sp³-hybridized carbons (Fsp3) is 0.636. The molecule has 0 spiro atoms. The summed E-state index contributed by atoms with van der Waals surface area (Å²) in [5.74, 6) is 3.05. The number of fused-ring (bicyclic) bond motifs is 1. The topological polar surface area (TPSA) is 9.23 Å². The first kappa shape index (κ1) is 6.76. The van der Waals surface area contributed by atoms with Crippen LogP contribution in [0.3, 0.4) is 0 Å². The highest BCUT2D eigenvalue weighted by Gasteiger charge is 2.44. The lowest BCUT2D eigenvalue weighted by atomic mass is 10.0. The van der Waals surface area contributed by atoms with Gasteiger partial charge in [-0.3, -0.25) is 0 Å². The summed E-state index contributed by atoms with van der Waals surface area (Å²) < 4.78 is 5.86. The molecular formula is C11H14O. The van der Waals surface area contributed by atoms with Crippen molar-refractivity contribution in [3.63, 3.8) is 0 Å². The largest absolute Gasteiger partial charge is 0.491 e. The molecule has 0 aromatic carbocycles. The Morgan fingerprint density at radius 1 is 1.42 bits per heavy atom. The maximum absolute atomic E-state index is 5.86. The summed E-state index contributed by atoms with van der Waals surface area (Å²) in [6, 6.07) is 0. The van der Waals surface area contributed by atoms with Gasteiger partial charge in [0.05, 0.1) is 5.76 Å². The van der Waals surface area contributed by atoms with E-state index in [2.05, 4.69) is 18.2 Å². The molecule has 1 heteroatoms. The summed E-state index contributed by atoms with van der Waals surface area (Å²) >= 11 is 0. The van der Waals surface area contributed by atoms with Crippen LogP contribution in [0.4, 0.5) is 0 Å². The summed E-state index contributed by atoms with van der Waals surface area (Å²) in [5, 5.41) is 0. The highest BCUT2D eigenvalue weighted by molar-refractivity contribution is 5.13. The highest BCUT2D eigenvalue weighted by atomic mass is 16.5. The smallest absolute Gasteiger partial charge is 0.119 e. The van der Waals surface area contributed by atoms with Crippen LogP contribution in [-0.4, -0.2) is 6.10 Å². The van der Waals surface area contributed by atoms with E-state index < -0.39 is 0 Å². The van der Waals surface area contributed by atoms with E-state index in [1.807, 2.05) is 0 Å². The monoisotopic (exact) mass is 162 g/mol. The Labute approximate surface area is 73.1 Å². The molecule has 0 aromatic rings. The predicted octanol–water partition coefficient (Wildman–Crippen LogP) is 2.65. The minimum absolute atomic E-state index is 0.426. The van der Waals surface area contributed by atoms with Gasteiger partial charge in [-0.25, -0.2) is 0 Å². The van der Waals surface area contributed by atoms with Crippen LogP contribution in [-0.2, 0) is 4.74 Å². The molecule has 64 valence electrons. The lowest BCUT2D eigenvalue weighted by Gasteiger charge is -2.23. The standard InChI is InChI=1S/C11H14O/c1-3-8-7-10(8)11(6-1)12-9-4-2-5-9/h1,4,6,8,10-11H,2-3,5,7H2. The van der Waals surface area contributed by atoms with E-state index in [4.69, 9.17) is 4.74 Å². The van der Waals surface area contributed by atoms with Crippen LogP contribution in [0.15, 0.2) is 24.0 Å². The Hall–Kier alpha value is -0.720. The highest BCUT2D eigenvalue weighted by Crippen LogP contribution is 2.48. The van der Waals surface area contributed by atoms with Crippen molar-refractivity contribution in [2.75, 3.05) is 0 Å². The molecule has 1 fully saturated rings. The zero-order valence-electron chi connectivity index (χ0n) is 7.20. The maximum Gasteiger partial charge on any atom is 0.119 e. The van der Waals surface area contributed by atoms with Crippen molar-refractivity contribution >= 4 is 0 Å². The van der Waals surface area contributed by atoms with Gasteiger partial charge in [0.1, 0.15) is 6.10 Å². The lowest BCUT2D eigenvalue weighted by Crippen LogP contribution is -2.17. The third kappa shape index (κ3) is 0.996. The molecule has 0 saturated heterocycles. The molecule has 0 N–H and O–H groups in total. The van der Waals surface area contributed by atoms with Crippen molar-refractivity contribution < 1.29 is 4.74 Å². The van der Waals surface area contributed by atoms with Gasteiger partial charge in [0, 0.05) is 12.3 Å². The summed E-state index contributed by atoms with van der Waals surface area (Å²) in [6.45, 7) is 0. The Bertz CT molecular complexity index is 252. The number of allylic oxidation sites excluding steroid dienone is 3. The quantitative estimate of drug-likeness (QED) is 0.567. The van der Waals surface area contributed by atoms with Crippen molar-refractivity contribution in [1.82, 2.24) is 0 Å². The zero-order chi connectivity index (χ0) is 7.97. The minimum atomic E-state index is 0.426. The van der Waals surface area contributed by atoms with E-state index in [-0.39, 0.29) is 0 Å². The average molecular weight is 162 g/mol. The molecule has 0 radical (unpaired) electrons. The van der Waals surface area contributed by atoms with E-state index in [0.29, 0.717) is 6.10 Å². The van der Waals surface area contributed by atoms with Crippen molar-refractivity contribution in [1.29, 1.82) is 0 Å². The van der Waals surface area contributed by atoms with Crippen LogP contribution >= 0.6 is 0 Å². The van der Waals surface area contributed by atoms with Gasteiger partial charge in [-0.2, -0.15) is 0 Å². The normalized spacial score (nSPS) is 42.7. The van der Waals surface area contributed by atoms with Crippen molar-refractivity contribution in [3.05, 3.63) is 24.0 Å². The molecule has 3 atom stereocenters. The Balaban J connectivity index is 1.67. The van der Waals surface area contributed by atoms with Gasteiger partial charge in [-0.05, 0) is 37.3 Å². The van der Waals surface area contributed by atoms with Gasteiger partial charge in [0.15, 0.2) is 0 Å². The number of hydrogen-bond donors (Lipinski definition) is 0. The fourth-order valence-corrected chi connectivity index (χ4v) is 2.15. The number of rotatable bonds is 2. The van der Waals surface area contributed by atoms with Gasteiger partial charge in [-0.15, -0.1) is 0 Å².